The Bertz CT molecular complexity index is 295. The Balaban J connectivity index is 3.00. The molecule has 0 aliphatic heterocycles. The molecule has 0 bridgehead atoms. The van der Waals surface area contributed by atoms with E-state index in [0.717, 1.165) is 4.59 Å². The third kappa shape index (κ3) is 1.91. The van der Waals surface area contributed by atoms with Gasteiger partial charge in [0.2, 0.25) is 0 Å². The van der Waals surface area contributed by atoms with Gasteiger partial charge in [0.05, 0.1) is 0 Å². The SMILES string of the molecule is [CH3][Ge]([CH3])([CH3])[c]1ccc(C(=O)O)o1. The van der Waals surface area contributed by atoms with Crippen LogP contribution in [0, 0.1) is 0 Å². The molecule has 4 heteroatoms. The molecule has 0 aliphatic rings. The monoisotopic (exact) mass is 230 g/mol. The van der Waals surface area contributed by atoms with E-state index in [1.807, 2.05) is 0 Å². The Labute approximate surface area is 73.7 Å². The van der Waals surface area contributed by atoms with Crippen LogP contribution in [0.2, 0.25) is 17.3 Å². The Morgan fingerprint density at radius 2 is 2.00 bits per heavy atom. The Morgan fingerprint density at radius 3 is 2.25 bits per heavy atom. The number of carbonyl (C=O) groups is 1. The van der Waals surface area contributed by atoms with E-state index in [-0.39, 0.29) is 5.76 Å². The second-order valence-corrected chi connectivity index (χ2v) is 14.2. The molecule has 0 saturated carbocycles. The van der Waals surface area contributed by atoms with Gasteiger partial charge in [0, 0.05) is 0 Å². The van der Waals surface area contributed by atoms with Crippen molar-refractivity contribution in [2.24, 2.45) is 0 Å². The predicted molar refractivity (Wildman–Crippen MR) is 48.6 cm³/mol. The van der Waals surface area contributed by atoms with E-state index in [0.29, 0.717) is 0 Å². The Hall–Kier alpha value is -0.707. The van der Waals surface area contributed by atoms with E-state index < -0.39 is 19.2 Å². The zero-order valence-electron chi connectivity index (χ0n) is 7.42. The van der Waals surface area contributed by atoms with E-state index in [2.05, 4.69) is 17.3 Å². The average molecular weight is 229 g/mol. The van der Waals surface area contributed by atoms with E-state index >= 15 is 0 Å². The van der Waals surface area contributed by atoms with E-state index in [1.165, 1.54) is 6.07 Å². The van der Waals surface area contributed by atoms with Crippen molar-refractivity contribution in [1.82, 2.24) is 0 Å². The molecule has 0 unspecified atom stereocenters. The van der Waals surface area contributed by atoms with Gasteiger partial charge >= 0.3 is 73.3 Å². The van der Waals surface area contributed by atoms with Gasteiger partial charge in [-0.2, -0.15) is 0 Å². The van der Waals surface area contributed by atoms with Crippen LogP contribution in [0.5, 0.6) is 0 Å². The number of aromatic carboxylic acids is 1. The number of rotatable bonds is 2. The summed E-state index contributed by atoms with van der Waals surface area (Å²) >= 11 is -1.96. The third-order valence-corrected chi connectivity index (χ3v) is 5.22. The molecule has 0 atom stereocenters. The number of furan rings is 1. The molecule has 1 heterocycles. The summed E-state index contributed by atoms with van der Waals surface area (Å²) in [4.78, 5) is 10.5. The summed E-state index contributed by atoms with van der Waals surface area (Å²) in [5.74, 6) is 5.53. The molecule has 0 saturated heterocycles. The summed E-state index contributed by atoms with van der Waals surface area (Å²) in [6.07, 6.45) is 0. The third-order valence-electron chi connectivity index (χ3n) is 1.56. The van der Waals surface area contributed by atoms with Crippen LogP contribution in [0.4, 0.5) is 0 Å². The first-order valence-corrected chi connectivity index (χ1v) is 11.1. The molecule has 3 nitrogen and oxygen atoms in total. The fourth-order valence-corrected chi connectivity index (χ4v) is 2.95. The van der Waals surface area contributed by atoms with Crippen molar-refractivity contribution in [2.75, 3.05) is 0 Å². The number of hydrogen-bond acceptors (Lipinski definition) is 2. The Morgan fingerprint density at radius 1 is 1.42 bits per heavy atom. The fraction of sp³-hybridized carbons (Fsp3) is 0.375. The zero-order chi connectivity index (χ0) is 9.35. The molecule has 1 aromatic rings. The minimum atomic E-state index is -1.96. The molecule has 1 rings (SSSR count). The van der Waals surface area contributed by atoms with E-state index in [4.69, 9.17) is 9.52 Å². The maximum atomic E-state index is 10.5. The van der Waals surface area contributed by atoms with Gasteiger partial charge in [0.15, 0.2) is 0 Å². The quantitative estimate of drug-likeness (QED) is 0.782. The standard InChI is InChI=1S/C8H12GeO3/c1-9(2,3)7-5-4-6(12-7)8(10)11/h4-5H,1-3H3,(H,10,11). The van der Waals surface area contributed by atoms with Crippen LogP contribution in [0.15, 0.2) is 16.5 Å². The molecule has 1 N–H and O–H groups in total. The minimum absolute atomic E-state index is 0.0468. The van der Waals surface area contributed by atoms with Gasteiger partial charge in [-0.1, -0.05) is 0 Å². The summed E-state index contributed by atoms with van der Waals surface area (Å²) in [6.45, 7) is 0. The van der Waals surface area contributed by atoms with Crippen molar-refractivity contribution in [1.29, 1.82) is 0 Å². The van der Waals surface area contributed by atoms with Gasteiger partial charge in [-0.05, 0) is 0 Å². The van der Waals surface area contributed by atoms with Crippen LogP contribution in [0.3, 0.4) is 0 Å². The fourth-order valence-electron chi connectivity index (χ4n) is 0.856. The summed E-state index contributed by atoms with van der Waals surface area (Å²) in [6, 6.07) is 3.30. The second kappa shape index (κ2) is 2.97. The van der Waals surface area contributed by atoms with Crippen LogP contribution in [0.25, 0.3) is 0 Å². The first kappa shape index (κ1) is 9.38. The van der Waals surface area contributed by atoms with Crippen molar-refractivity contribution in [2.45, 2.75) is 17.3 Å². The van der Waals surface area contributed by atoms with Crippen molar-refractivity contribution in [3.8, 4) is 0 Å². The van der Waals surface area contributed by atoms with Crippen molar-refractivity contribution >= 4 is 23.8 Å². The normalized spacial score (nSPS) is 11.6. The molecule has 1 aromatic heterocycles. The van der Waals surface area contributed by atoms with Gasteiger partial charge in [-0.15, -0.1) is 0 Å². The average Bonchev–Trinajstić information content (AvgIpc) is 2.30. The van der Waals surface area contributed by atoms with Gasteiger partial charge in [0.25, 0.3) is 0 Å². The first-order chi connectivity index (χ1) is 5.41. The molecule has 0 fully saturated rings. The molecule has 0 spiro atoms. The maximum absolute atomic E-state index is 10.5. The van der Waals surface area contributed by atoms with E-state index in [9.17, 15) is 4.79 Å². The van der Waals surface area contributed by atoms with E-state index in [1.54, 1.807) is 6.07 Å². The molecule has 12 heavy (non-hydrogen) atoms. The molecule has 66 valence electrons. The summed E-state index contributed by atoms with van der Waals surface area (Å²) in [7, 11) is 0. The van der Waals surface area contributed by atoms with Crippen molar-refractivity contribution in [3.05, 3.63) is 17.9 Å². The molecule has 0 aliphatic carbocycles. The second-order valence-electron chi connectivity index (χ2n) is 3.72. The summed E-state index contributed by atoms with van der Waals surface area (Å²) in [5, 5.41) is 8.59. The van der Waals surface area contributed by atoms with Crippen LogP contribution in [0.1, 0.15) is 10.6 Å². The molecule has 0 amide bonds. The number of carboxylic acid groups (broad SMARTS) is 1. The number of hydrogen-bond donors (Lipinski definition) is 1. The summed E-state index contributed by atoms with van der Waals surface area (Å²) < 4.78 is 6.08. The van der Waals surface area contributed by atoms with Gasteiger partial charge in [-0.3, -0.25) is 0 Å². The summed E-state index contributed by atoms with van der Waals surface area (Å²) in [5.41, 5.74) is 0. The van der Waals surface area contributed by atoms with Crippen molar-refractivity contribution in [3.63, 3.8) is 0 Å². The van der Waals surface area contributed by atoms with Crippen LogP contribution < -0.4 is 4.59 Å². The van der Waals surface area contributed by atoms with Gasteiger partial charge in [0.1, 0.15) is 0 Å². The van der Waals surface area contributed by atoms with Gasteiger partial charge in [-0.25, -0.2) is 0 Å². The van der Waals surface area contributed by atoms with Crippen molar-refractivity contribution < 1.29 is 14.3 Å². The number of carboxylic acids is 1. The molecular weight excluding hydrogens is 217 g/mol. The van der Waals surface area contributed by atoms with Crippen LogP contribution in [-0.4, -0.2) is 24.3 Å². The molecule has 0 radical (unpaired) electrons. The van der Waals surface area contributed by atoms with Crippen LogP contribution >= 0.6 is 0 Å². The van der Waals surface area contributed by atoms with Crippen LogP contribution in [-0.2, 0) is 0 Å². The molecular formula is C8H12GeO3. The molecule has 0 aromatic carbocycles. The first-order valence-electron chi connectivity index (χ1n) is 3.75. The Kier molecular flexibility index (Phi) is 2.32. The topological polar surface area (TPSA) is 50.4 Å². The van der Waals surface area contributed by atoms with Gasteiger partial charge < -0.3 is 0 Å². The zero-order valence-corrected chi connectivity index (χ0v) is 9.52. The predicted octanol–water partition coefficient (Wildman–Crippen LogP) is 1.52.